The Bertz CT molecular complexity index is 702. The van der Waals surface area contributed by atoms with Crippen molar-refractivity contribution in [2.45, 2.75) is 97.6 Å². The molecule has 1 aromatic heterocycles. The number of benzene rings is 1. The van der Waals surface area contributed by atoms with Crippen LogP contribution in [-0.4, -0.2) is 22.7 Å². The van der Waals surface area contributed by atoms with Gasteiger partial charge in [0.25, 0.3) is 0 Å². The van der Waals surface area contributed by atoms with Crippen molar-refractivity contribution in [2.24, 2.45) is 5.92 Å². The highest BCUT2D eigenvalue weighted by molar-refractivity contribution is 5.55. The second-order valence-corrected chi connectivity index (χ2v) is 8.73. The molecule has 3 nitrogen and oxygen atoms in total. The number of nitrogens with zero attached hydrogens (tertiary/aromatic N) is 2. The summed E-state index contributed by atoms with van der Waals surface area (Å²) >= 11 is 0. The maximum absolute atomic E-state index is 13.9. The minimum atomic E-state index is -0.969. The first kappa shape index (κ1) is 25.3. The van der Waals surface area contributed by atoms with Gasteiger partial charge in [-0.25, -0.2) is 14.4 Å². The van der Waals surface area contributed by atoms with E-state index in [1.807, 2.05) is 13.8 Å². The van der Waals surface area contributed by atoms with E-state index in [-0.39, 0.29) is 12.5 Å². The van der Waals surface area contributed by atoms with Crippen molar-refractivity contribution in [3.05, 3.63) is 42.2 Å². The maximum Gasteiger partial charge on any atom is 0.159 e. The molecule has 0 spiro atoms. The molecule has 172 valence electrons. The van der Waals surface area contributed by atoms with Crippen molar-refractivity contribution in [1.82, 2.24) is 9.97 Å². The molecule has 0 saturated carbocycles. The number of hydrogen-bond donors (Lipinski definition) is 0. The monoisotopic (exact) mass is 428 g/mol. The number of aromatic nitrogens is 2. The topological polar surface area (TPSA) is 35.0 Å². The lowest BCUT2D eigenvalue weighted by Gasteiger charge is -2.15. The first-order valence-corrected chi connectivity index (χ1v) is 12.3. The summed E-state index contributed by atoms with van der Waals surface area (Å²) < 4.78 is 19.4. The number of unbranched alkanes of at least 4 members (excludes halogenated alkanes) is 8. The molecule has 1 aromatic carbocycles. The van der Waals surface area contributed by atoms with Crippen molar-refractivity contribution in [3.8, 4) is 17.1 Å². The summed E-state index contributed by atoms with van der Waals surface area (Å²) in [6, 6.07) is 8.51. The highest BCUT2D eigenvalue weighted by Crippen LogP contribution is 2.20. The Morgan fingerprint density at radius 2 is 1.42 bits per heavy atom. The molecule has 1 heterocycles. The zero-order valence-electron chi connectivity index (χ0n) is 19.8. The van der Waals surface area contributed by atoms with Crippen molar-refractivity contribution < 1.29 is 9.13 Å². The van der Waals surface area contributed by atoms with E-state index in [0.29, 0.717) is 11.6 Å². The summed E-state index contributed by atoms with van der Waals surface area (Å²) in [4.78, 5) is 8.77. The van der Waals surface area contributed by atoms with E-state index in [4.69, 9.17) is 4.74 Å². The van der Waals surface area contributed by atoms with Crippen LogP contribution in [0.3, 0.4) is 0 Å². The van der Waals surface area contributed by atoms with Crippen LogP contribution in [0.5, 0.6) is 5.75 Å². The molecule has 2 rings (SSSR count). The standard InChI is InChI=1S/C27H41FN2O/c1-4-6-7-8-9-10-11-12-13-14-23-15-17-24(18-16-23)27-29-19-25(20-30-27)31-21-26(28)22(3)5-2/h15-20,22,26H,4-14,21H2,1-3H3. The Morgan fingerprint density at radius 1 is 0.839 bits per heavy atom. The zero-order valence-corrected chi connectivity index (χ0v) is 19.8. The molecule has 0 saturated heterocycles. The van der Waals surface area contributed by atoms with Gasteiger partial charge in [-0.1, -0.05) is 103 Å². The summed E-state index contributed by atoms with van der Waals surface area (Å²) in [6.45, 7) is 6.19. The van der Waals surface area contributed by atoms with Crippen LogP contribution in [0.25, 0.3) is 11.4 Å². The predicted molar refractivity (Wildman–Crippen MR) is 128 cm³/mol. The van der Waals surface area contributed by atoms with Crippen molar-refractivity contribution in [2.75, 3.05) is 6.61 Å². The van der Waals surface area contributed by atoms with Crippen molar-refractivity contribution in [3.63, 3.8) is 0 Å². The van der Waals surface area contributed by atoms with E-state index in [1.54, 1.807) is 12.4 Å². The Labute approximate surface area is 188 Å². The van der Waals surface area contributed by atoms with Gasteiger partial charge in [0.1, 0.15) is 12.8 Å². The molecule has 4 heteroatoms. The van der Waals surface area contributed by atoms with Crippen LogP contribution in [0.4, 0.5) is 4.39 Å². The van der Waals surface area contributed by atoms with Crippen LogP contribution in [0.1, 0.15) is 90.5 Å². The van der Waals surface area contributed by atoms with Crippen LogP contribution in [0.2, 0.25) is 0 Å². The third-order valence-electron chi connectivity index (χ3n) is 6.08. The highest BCUT2D eigenvalue weighted by atomic mass is 19.1. The number of rotatable bonds is 16. The minimum absolute atomic E-state index is 0.00532. The largest absolute Gasteiger partial charge is 0.487 e. The number of aryl methyl sites for hydroxylation is 1. The first-order valence-electron chi connectivity index (χ1n) is 12.3. The van der Waals surface area contributed by atoms with Crippen LogP contribution < -0.4 is 4.74 Å². The molecule has 2 aromatic rings. The molecule has 0 radical (unpaired) electrons. The molecule has 31 heavy (non-hydrogen) atoms. The van der Waals surface area contributed by atoms with E-state index < -0.39 is 6.17 Å². The number of ether oxygens (including phenoxy) is 1. The smallest absolute Gasteiger partial charge is 0.159 e. The van der Waals surface area contributed by atoms with Gasteiger partial charge < -0.3 is 4.74 Å². The van der Waals surface area contributed by atoms with Gasteiger partial charge in [-0.15, -0.1) is 0 Å². The van der Waals surface area contributed by atoms with Gasteiger partial charge >= 0.3 is 0 Å². The summed E-state index contributed by atoms with van der Waals surface area (Å²) in [6.07, 6.45) is 16.4. The fourth-order valence-corrected chi connectivity index (χ4v) is 3.60. The number of halogens is 1. The van der Waals surface area contributed by atoms with E-state index in [0.717, 1.165) is 18.4 Å². The van der Waals surface area contributed by atoms with Crippen LogP contribution in [0.15, 0.2) is 36.7 Å². The molecule has 0 amide bonds. The maximum atomic E-state index is 13.9. The van der Waals surface area contributed by atoms with Gasteiger partial charge in [-0.2, -0.15) is 0 Å². The zero-order chi connectivity index (χ0) is 22.3. The van der Waals surface area contributed by atoms with Crippen molar-refractivity contribution >= 4 is 0 Å². The average Bonchev–Trinajstić information content (AvgIpc) is 2.81. The third-order valence-corrected chi connectivity index (χ3v) is 6.08. The molecular weight excluding hydrogens is 387 g/mol. The van der Waals surface area contributed by atoms with Gasteiger partial charge in [-0.3, -0.25) is 0 Å². The summed E-state index contributed by atoms with van der Waals surface area (Å²) in [5, 5.41) is 0. The van der Waals surface area contributed by atoms with Crippen molar-refractivity contribution in [1.29, 1.82) is 0 Å². The quantitative estimate of drug-likeness (QED) is 0.254. The minimum Gasteiger partial charge on any atom is -0.487 e. The summed E-state index contributed by atoms with van der Waals surface area (Å²) in [5.41, 5.74) is 2.36. The van der Waals surface area contributed by atoms with E-state index in [1.165, 1.54) is 63.4 Å². The Morgan fingerprint density at radius 3 is 2.00 bits per heavy atom. The van der Waals surface area contributed by atoms with E-state index in [9.17, 15) is 4.39 Å². The average molecular weight is 429 g/mol. The third kappa shape index (κ3) is 9.80. The number of alkyl halides is 1. The lowest BCUT2D eigenvalue weighted by molar-refractivity contribution is 0.145. The predicted octanol–water partition coefficient (Wildman–Crippen LogP) is 7.98. The highest BCUT2D eigenvalue weighted by Gasteiger charge is 2.15. The SMILES string of the molecule is CCCCCCCCCCCc1ccc(-c2ncc(OCC(F)C(C)CC)cn2)cc1. The van der Waals surface area contributed by atoms with E-state index >= 15 is 0 Å². The molecule has 0 aliphatic heterocycles. The summed E-state index contributed by atoms with van der Waals surface area (Å²) in [7, 11) is 0. The molecule has 0 bridgehead atoms. The van der Waals surface area contributed by atoms with Crippen LogP contribution >= 0.6 is 0 Å². The van der Waals surface area contributed by atoms with Gasteiger partial charge in [-0.05, 0) is 24.3 Å². The fraction of sp³-hybridized carbons (Fsp3) is 0.630. The Kier molecular flexibility index (Phi) is 12.2. The summed E-state index contributed by atoms with van der Waals surface area (Å²) in [5.74, 6) is 1.17. The van der Waals surface area contributed by atoms with Crippen LogP contribution in [-0.2, 0) is 6.42 Å². The molecule has 0 fully saturated rings. The van der Waals surface area contributed by atoms with E-state index in [2.05, 4.69) is 41.2 Å². The molecule has 0 aliphatic rings. The van der Waals surface area contributed by atoms with Crippen LogP contribution in [0, 0.1) is 5.92 Å². The lowest BCUT2D eigenvalue weighted by atomic mass is 10.0. The molecule has 2 unspecified atom stereocenters. The Balaban J connectivity index is 1.69. The normalized spacial score (nSPS) is 13.2. The second-order valence-electron chi connectivity index (χ2n) is 8.73. The Hall–Kier alpha value is -1.97. The van der Waals surface area contributed by atoms with Gasteiger partial charge in [0, 0.05) is 5.56 Å². The lowest BCUT2D eigenvalue weighted by Crippen LogP contribution is -2.20. The molecule has 2 atom stereocenters. The van der Waals surface area contributed by atoms with Gasteiger partial charge in [0.15, 0.2) is 11.6 Å². The molecule has 0 N–H and O–H groups in total. The first-order chi connectivity index (χ1) is 15.1. The fourth-order valence-electron chi connectivity index (χ4n) is 3.60. The number of hydrogen-bond acceptors (Lipinski definition) is 3. The second kappa shape index (κ2) is 14.9. The molecule has 0 aliphatic carbocycles. The van der Waals surface area contributed by atoms with Gasteiger partial charge in [0.2, 0.25) is 0 Å². The molecular formula is C27H41FN2O. The van der Waals surface area contributed by atoms with Gasteiger partial charge in [0.05, 0.1) is 12.4 Å².